The second-order valence-corrected chi connectivity index (χ2v) is 8.27. The van der Waals surface area contributed by atoms with Gasteiger partial charge in [-0.3, -0.25) is 9.59 Å². The van der Waals surface area contributed by atoms with Gasteiger partial charge in [-0.2, -0.15) is 13.2 Å². The van der Waals surface area contributed by atoms with E-state index in [0.717, 1.165) is 0 Å². The van der Waals surface area contributed by atoms with E-state index in [1.165, 1.54) is 7.11 Å². The fourth-order valence-corrected chi connectivity index (χ4v) is 4.00. The third-order valence-electron chi connectivity index (χ3n) is 5.63. The Labute approximate surface area is 196 Å². The lowest BCUT2D eigenvalue weighted by Gasteiger charge is -2.18. The lowest BCUT2D eigenvalue weighted by Crippen LogP contribution is -2.52. The van der Waals surface area contributed by atoms with Crippen molar-refractivity contribution in [2.24, 2.45) is 0 Å². The van der Waals surface area contributed by atoms with Gasteiger partial charge in [-0.1, -0.05) is 41.9 Å². The van der Waals surface area contributed by atoms with E-state index in [2.05, 4.69) is 5.32 Å². The average molecular weight is 494 g/mol. The Balaban J connectivity index is 1.52. The average Bonchev–Trinajstić information content (AvgIpc) is 3.54. The van der Waals surface area contributed by atoms with Crippen LogP contribution in [0.3, 0.4) is 0 Å². The Kier molecular flexibility index (Phi) is 6.03. The van der Waals surface area contributed by atoms with Gasteiger partial charge in [0.25, 0.3) is 0 Å². The Morgan fingerprint density at radius 3 is 2.32 bits per heavy atom. The van der Waals surface area contributed by atoms with Gasteiger partial charge in [-0.25, -0.2) is 4.79 Å². The van der Waals surface area contributed by atoms with E-state index in [1.54, 1.807) is 46.3 Å². The second kappa shape index (κ2) is 8.68. The van der Waals surface area contributed by atoms with Crippen molar-refractivity contribution in [2.45, 2.75) is 31.1 Å². The SMILES string of the molecule is COC(=O)c1c(Cl)c2ccccc2n1-c1ccc(CNC(=O)C2(NC(=O)C(F)(F)F)CC2)cc1. The molecule has 0 spiro atoms. The number of carbonyl (C=O) groups is 3. The Morgan fingerprint density at radius 1 is 1.09 bits per heavy atom. The molecule has 1 aromatic heterocycles. The molecule has 3 aromatic rings. The van der Waals surface area contributed by atoms with Crippen LogP contribution in [0.2, 0.25) is 5.02 Å². The molecule has 2 N–H and O–H groups in total. The van der Waals surface area contributed by atoms with Gasteiger partial charge < -0.3 is 19.9 Å². The van der Waals surface area contributed by atoms with Crippen molar-refractivity contribution in [1.82, 2.24) is 15.2 Å². The van der Waals surface area contributed by atoms with Crippen LogP contribution in [0.15, 0.2) is 48.5 Å². The van der Waals surface area contributed by atoms with Crippen molar-refractivity contribution in [3.05, 3.63) is 64.8 Å². The largest absolute Gasteiger partial charge is 0.471 e. The van der Waals surface area contributed by atoms with E-state index < -0.39 is 29.5 Å². The summed E-state index contributed by atoms with van der Waals surface area (Å²) in [6.07, 6.45) is -4.78. The first-order valence-electron chi connectivity index (χ1n) is 10.2. The Bertz CT molecular complexity index is 1280. The maximum absolute atomic E-state index is 12.5. The van der Waals surface area contributed by atoms with Crippen LogP contribution in [0.1, 0.15) is 28.9 Å². The molecule has 11 heteroatoms. The van der Waals surface area contributed by atoms with Crippen LogP contribution in [-0.4, -0.2) is 41.2 Å². The first kappa shape index (κ1) is 23.6. The summed E-state index contributed by atoms with van der Waals surface area (Å²) in [6, 6.07) is 14.0. The zero-order chi connectivity index (χ0) is 24.7. The summed E-state index contributed by atoms with van der Waals surface area (Å²) in [5.41, 5.74) is 0.627. The van der Waals surface area contributed by atoms with Crippen LogP contribution in [0.25, 0.3) is 16.6 Å². The summed E-state index contributed by atoms with van der Waals surface area (Å²) < 4.78 is 44.1. The molecule has 34 heavy (non-hydrogen) atoms. The summed E-state index contributed by atoms with van der Waals surface area (Å²) in [7, 11) is 1.26. The van der Waals surface area contributed by atoms with E-state index in [1.807, 2.05) is 12.1 Å². The quantitative estimate of drug-likeness (QED) is 0.510. The summed E-state index contributed by atoms with van der Waals surface area (Å²) in [5, 5.41) is 5.28. The monoisotopic (exact) mass is 493 g/mol. The number of hydrogen-bond donors (Lipinski definition) is 2. The van der Waals surface area contributed by atoms with Crippen LogP contribution in [0, 0.1) is 0 Å². The number of esters is 1. The lowest BCUT2D eigenvalue weighted by atomic mass is 10.1. The first-order chi connectivity index (χ1) is 16.1. The lowest BCUT2D eigenvalue weighted by molar-refractivity contribution is -0.175. The highest BCUT2D eigenvalue weighted by atomic mass is 35.5. The number of aromatic nitrogens is 1. The molecule has 0 aliphatic heterocycles. The molecule has 178 valence electrons. The molecular formula is C23H19ClF3N3O4. The maximum Gasteiger partial charge on any atom is 0.471 e. The molecule has 1 fully saturated rings. The molecule has 0 unspecified atom stereocenters. The van der Waals surface area contributed by atoms with E-state index in [-0.39, 0.29) is 30.1 Å². The van der Waals surface area contributed by atoms with Crippen molar-refractivity contribution < 1.29 is 32.3 Å². The van der Waals surface area contributed by atoms with Crippen LogP contribution >= 0.6 is 11.6 Å². The number of fused-ring (bicyclic) bond motifs is 1. The summed E-state index contributed by atoms with van der Waals surface area (Å²) >= 11 is 6.44. The van der Waals surface area contributed by atoms with Crippen molar-refractivity contribution in [3.8, 4) is 5.69 Å². The predicted molar refractivity (Wildman–Crippen MR) is 118 cm³/mol. The van der Waals surface area contributed by atoms with Gasteiger partial charge >= 0.3 is 18.1 Å². The van der Waals surface area contributed by atoms with Crippen molar-refractivity contribution in [3.63, 3.8) is 0 Å². The number of nitrogens with zero attached hydrogens (tertiary/aromatic N) is 1. The van der Waals surface area contributed by atoms with Crippen molar-refractivity contribution >= 4 is 40.3 Å². The molecule has 1 aliphatic rings. The molecule has 1 heterocycles. The van der Waals surface area contributed by atoms with Gasteiger partial charge in [0.2, 0.25) is 5.91 Å². The van der Waals surface area contributed by atoms with Gasteiger partial charge in [-0.05, 0) is 36.6 Å². The number of ether oxygens (including phenoxy) is 1. The summed E-state index contributed by atoms with van der Waals surface area (Å²) in [4.78, 5) is 36.0. The molecule has 2 aromatic carbocycles. The smallest absolute Gasteiger partial charge is 0.464 e. The minimum atomic E-state index is -5.06. The van der Waals surface area contributed by atoms with E-state index in [9.17, 15) is 27.6 Å². The van der Waals surface area contributed by atoms with E-state index in [0.29, 0.717) is 22.2 Å². The van der Waals surface area contributed by atoms with Crippen LogP contribution < -0.4 is 10.6 Å². The van der Waals surface area contributed by atoms with Gasteiger partial charge in [0.05, 0.1) is 17.6 Å². The first-order valence-corrected chi connectivity index (χ1v) is 10.6. The van der Waals surface area contributed by atoms with Gasteiger partial charge in [0.15, 0.2) is 5.69 Å². The summed E-state index contributed by atoms with van der Waals surface area (Å²) in [5.74, 6) is -3.41. The highest BCUT2D eigenvalue weighted by Gasteiger charge is 2.54. The molecule has 0 saturated heterocycles. The standard InChI is InChI=1S/C23H19ClF3N3O4/c1-34-19(31)18-17(24)15-4-2-3-5-16(15)30(18)14-8-6-13(7-9-14)12-28-20(32)22(10-11-22)29-21(33)23(25,26)27/h2-9H,10-12H2,1H3,(H,28,32)(H,29,33). The topological polar surface area (TPSA) is 89.4 Å². The number of hydrogen-bond acceptors (Lipinski definition) is 4. The Hall–Kier alpha value is -3.53. The van der Waals surface area contributed by atoms with Gasteiger partial charge in [-0.15, -0.1) is 0 Å². The molecule has 7 nitrogen and oxygen atoms in total. The second-order valence-electron chi connectivity index (χ2n) is 7.89. The molecule has 1 saturated carbocycles. The van der Waals surface area contributed by atoms with E-state index >= 15 is 0 Å². The number of amides is 2. The maximum atomic E-state index is 12.5. The van der Waals surface area contributed by atoms with Gasteiger partial charge in [0.1, 0.15) is 5.54 Å². The molecule has 0 bridgehead atoms. The van der Waals surface area contributed by atoms with Crippen LogP contribution in [0.5, 0.6) is 0 Å². The highest BCUT2D eigenvalue weighted by Crippen LogP contribution is 2.37. The minimum absolute atomic E-state index is 0.0415. The molecule has 0 atom stereocenters. The molecule has 0 radical (unpaired) electrons. The predicted octanol–water partition coefficient (Wildman–Crippen LogP) is 3.90. The number of carbonyl (C=O) groups excluding carboxylic acids is 3. The van der Waals surface area contributed by atoms with Crippen molar-refractivity contribution in [1.29, 1.82) is 0 Å². The Morgan fingerprint density at radius 2 is 1.74 bits per heavy atom. The van der Waals surface area contributed by atoms with E-state index in [4.69, 9.17) is 16.3 Å². The number of nitrogens with one attached hydrogen (secondary N) is 2. The number of rotatable bonds is 6. The van der Waals surface area contributed by atoms with Crippen LogP contribution in [-0.2, 0) is 20.9 Å². The number of benzene rings is 2. The summed E-state index contributed by atoms with van der Waals surface area (Å²) in [6.45, 7) is 0.0415. The normalized spacial score (nSPS) is 14.5. The fraction of sp³-hybridized carbons (Fsp3) is 0.261. The number of alkyl halides is 3. The fourth-order valence-electron chi connectivity index (χ4n) is 3.68. The molecule has 2 amide bonds. The zero-order valence-corrected chi connectivity index (χ0v) is 18.6. The molecular weight excluding hydrogens is 475 g/mol. The van der Waals surface area contributed by atoms with Gasteiger partial charge in [0, 0.05) is 17.6 Å². The molecule has 1 aliphatic carbocycles. The minimum Gasteiger partial charge on any atom is -0.464 e. The number of para-hydroxylation sites is 1. The zero-order valence-electron chi connectivity index (χ0n) is 17.8. The number of halogens is 4. The van der Waals surface area contributed by atoms with Crippen LogP contribution in [0.4, 0.5) is 13.2 Å². The van der Waals surface area contributed by atoms with Crippen molar-refractivity contribution in [2.75, 3.05) is 7.11 Å². The molecule has 4 rings (SSSR count). The highest BCUT2D eigenvalue weighted by molar-refractivity contribution is 6.38. The number of methoxy groups -OCH3 is 1. The third-order valence-corrected chi connectivity index (χ3v) is 6.02. The third kappa shape index (κ3) is 4.33.